The van der Waals surface area contributed by atoms with Crippen LogP contribution in [-0.4, -0.2) is 22.7 Å². The minimum Gasteiger partial charge on any atom is -0.497 e. The lowest BCUT2D eigenvalue weighted by Gasteiger charge is -2.06. The maximum absolute atomic E-state index is 12.3. The van der Waals surface area contributed by atoms with Crippen molar-refractivity contribution in [3.05, 3.63) is 46.2 Å². The number of rotatable bonds is 6. The second kappa shape index (κ2) is 6.76. The number of halogens is 1. The second-order valence-corrected chi connectivity index (χ2v) is 5.28. The predicted molar refractivity (Wildman–Crippen MR) is 83.1 cm³/mol. The molecule has 0 unspecified atom stereocenters. The van der Waals surface area contributed by atoms with Gasteiger partial charge in [0, 0.05) is 13.0 Å². The van der Waals surface area contributed by atoms with Gasteiger partial charge in [0.25, 0.3) is 0 Å². The highest BCUT2D eigenvalue weighted by Gasteiger charge is 2.16. The highest BCUT2D eigenvalue weighted by atomic mass is 35.5. The fourth-order valence-electron chi connectivity index (χ4n) is 2.30. The third kappa shape index (κ3) is 3.64. The molecule has 0 fully saturated rings. The Balaban J connectivity index is 2.11. The summed E-state index contributed by atoms with van der Waals surface area (Å²) in [7, 11) is 1.61. The molecule has 0 aliphatic rings. The maximum atomic E-state index is 12.3. The van der Waals surface area contributed by atoms with E-state index >= 15 is 0 Å². The van der Waals surface area contributed by atoms with Crippen LogP contribution in [0.5, 0.6) is 5.75 Å². The molecule has 4 nitrogen and oxygen atoms in total. The quantitative estimate of drug-likeness (QED) is 0.823. The van der Waals surface area contributed by atoms with E-state index in [-0.39, 0.29) is 5.78 Å². The third-order valence-corrected chi connectivity index (χ3v) is 3.84. The summed E-state index contributed by atoms with van der Waals surface area (Å²) in [5.74, 6) is 0.868. The van der Waals surface area contributed by atoms with Crippen LogP contribution >= 0.6 is 11.6 Å². The van der Waals surface area contributed by atoms with Gasteiger partial charge in [-0.2, -0.15) is 5.10 Å². The smallest absolute Gasteiger partial charge is 0.143 e. The van der Waals surface area contributed by atoms with Crippen molar-refractivity contribution in [3.63, 3.8) is 0 Å². The van der Waals surface area contributed by atoms with Gasteiger partial charge in [0.1, 0.15) is 11.5 Å². The highest BCUT2D eigenvalue weighted by molar-refractivity contribution is 6.32. The molecule has 2 rings (SSSR count). The number of hydrogen-bond donors (Lipinski definition) is 0. The number of ether oxygens (including phenoxy) is 1. The normalized spacial score (nSPS) is 10.7. The predicted octanol–water partition coefficient (Wildman–Crippen LogP) is 3.23. The zero-order chi connectivity index (χ0) is 15.4. The van der Waals surface area contributed by atoms with Crippen molar-refractivity contribution in [3.8, 4) is 5.75 Å². The maximum Gasteiger partial charge on any atom is 0.143 e. The lowest BCUT2D eigenvalue weighted by Crippen LogP contribution is -2.12. The minimum atomic E-state index is 0.111. The molecular weight excluding hydrogens is 288 g/mol. The van der Waals surface area contributed by atoms with Crippen molar-refractivity contribution < 1.29 is 9.53 Å². The molecular formula is C16H19ClN2O2. The number of benzene rings is 1. The van der Waals surface area contributed by atoms with Crippen LogP contribution in [0.4, 0.5) is 0 Å². The number of methoxy groups -OCH3 is 1. The molecule has 1 heterocycles. The van der Waals surface area contributed by atoms with Gasteiger partial charge in [-0.25, -0.2) is 0 Å². The molecule has 5 heteroatoms. The first kappa shape index (κ1) is 15.6. The average molecular weight is 307 g/mol. The lowest BCUT2D eigenvalue weighted by molar-refractivity contribution is -0.117. The van der Waals surface area contributed by atoms with Gasteiger partial charge < -0.3 is 4.74 Å². The van der Waals surface area contributed by atoms with Crippen LogP contribution in [0.25, 0.3) is 0 Å². The summed E-state index contributed by atoms with van der Waals surface area (Å²) in [6, 6.07) is 7.54. The van der Waals surface area contributed by atoms with E-state index in [1.807, 2.05) is 38.1 Å². The number of carbonyl (C=O) groups excluding carboxylic acids is 1. The molecule has 0 atom stereocenters. The Labute approximate surface area is 129 Å². The van der Waals surface area contributed by atoms with Crippen molar-refractivity contribution in [2.45, 2.75) is 33.2 Å². The summed E-state index contributed by atoms with van der Waals surface area (Å²) in [4.78, 5) is 12.3. The summed E-state index contributed by atoms with van der Waals surface area (Å²) < 4.78 is 6.96. The van der Waals surface area contributed by atoms with Gasteiger partial charge in [0.2, 0.25) is 0 Å². The number of aryl methyl sites for hydroxylation is 2. The van der Waals surface area contributed by atoms with Crippen LogP contribution in [0.1, 0.15) is 23.9 Å². The first-order valence-electron chi connectivity index (χ1n) is 6.91. The molecule has 21 heavy (non-hydrogen) atoms. The number of Topliss-reactive ketones (excluding diaryl/α,β-unsaturated/α-hetero) is 1. The molecule has 0 aliphatic carbocycles. The summed E-state index contributed by atoms with van der Waals surface area (Å²) in [5, 5.41) is 4.92. The van der Waals surface area contributed by atoms with E-state index < -0.39 is 0 Å². The summed E-state index contributed by atoms with van der Waals surface area (Å²) in [6.45, 7) is 4.54. The molecule has 0 N–H and O–H groups in total. The molecule has 0 spiro atoms. The van der Waals surface area contributed by atoms with Crippen molar-refractivity contribution in [2.75, 3.05) is 7.11 Å². The summed E-state index contributed by atoms with van der Waals surface area (Å²) in [6.07, 6.45) is 0.659. The van der Waals surface area contributed by atoms with Crippen molar-refractivity contribution in [1.29, 1.82) is 0 Å². The Hall–Kier alpha value is -1.81. The molecule has 0 radical (unpaired) electrons. The van der Waals surface area contributed by atoms with E-state index in [0.717, 1.165) is 22.7 Å². The van der Waals surface area contributed by atoms with Crippen molar-refractivity contribution in [2.24, 2.45) is 0 Å². The summed E-state index contributed by atoms with van der Waals surface area (Å²) >= 11 is 6.23. The lowest BCUT2D eigenvalue weighted by atomic mass is 10.1. The van der Waals surface area contributed by atoms with Gasteiger partial charge in [0.05, 0.1) is 29.9 Å². The fraction of sp³-hybridized carbons (Fsp3) is 0.375. The largest absolute Gasteiger partial charge is 0.497 e. The van der Waals surface area contributed by atoms with Crippen LogP contribution in [0, 0.1) is 6.92 Å². The van der Waals surface area contributed by atoms with E-state index in [0.29, 0.717) is 24.4 Å². The fourth-order valence-corrected chi connectivity index (χ4v) is 2.50. The monoisotopic (exact) mass is 306 g/mol. The number of hydrogen-bond acceptors (Lipinski definition) is 3. The molecule has 0 saturated carbocycles. The van der Waals surface area contributed by atoms with Crippen LogP contribution in [-0.2, 0) is 24.2 Å². The van der Waals surface area contributed by atoms with Gasteiger partial charge >= 0.3 is 0 Å². The number of ketones is 1. The standard InChI is InChI=1S/C16H19ClN2O2/c1-4-19-15(16(17)11(2)18-19)10-13(20)8-12-6-5-7-14(9-12)21-3/h5-7,9H,4,8,10H2,1-3H3. The zero-order valence-corrected chi connectivity index (χ0v) is 13.3. The Kier molecular flexibility index (Phi) is 5.02. The zero-order valence-electron chi connectivity index (χ0n) is 12.5. The number of carbonyl (C=O) groups is 1. The highest BCUT2D eigenvalue weighted by Crippen LogP contribution is 2.21. The van der Waals surface area contributed by atoms with Crippen LogP contribution < -0.4 is 4.74 Å². The Morgan fingerprint density at radius 2 is 2.14 bits per heavy atom. The Bertz CT molecular complexity index is 650. The van der Waals surface area contributed by atoms with Gasteiger partial charge in [-0.05, 0) is 31.5 Å². The van der Waals surface area contributed by atoms with Gasteiger partial charge in [-0.15, -0.1) is 0 Å². The molecule has 0 bridgehead atoms. The Morgan fingerprint density at radius 1 is 1.38 bits per heavy atom. The number of aromatic nitrogens is 2. The van der Waals surface area contributed by atoms with Gasteiger partial charge in [0.15, 0.2) is 0 Å². The van der Waals surface area contributed by atoms with Gasteiger partial charge in [-0.1, -0.05) is 23.7 Å². The van der Waals surface area contributed by atoms with Crippen LogP contribution in [0.15, 0.2) is 24.3 Å². The Morgan fingerprint density at radius 3 is 2.81 bits per heavy atom. The van der Waals surface area contributed by atoms with Crippen LogP contribution in [0.2, 0.25) is 5.02 Å². The molecule has 1 aromatic heterocycles. The van der Waals surface area contributed by atoms with E-state index in [4.69, 9.17) is 16.3 Å². The molecule has 0 amide bonds. The second-order valence-electron chi connectivity index (χ2n) is 4.91. The molecule has 0 saturated heterocycles. The SMILES string of the molecule is CCn1nc(C)c(Cl)c1CC(=O)Cc1cccc(OC)c1. The van der Waals surface area contributed by atoms with E-state index in [1.165, 1.54) is 0 Å². The minimum absolute atomic E-state index is 0.111. The van der Waals surface area contributed by atoms with E-state index in [2.05, 4.69) is 5.10 Å². The van der Waals surface area contributed by atoms with E-state index in [1.54, 1.807) is 11.8 Å². The first-order valence-corrected chi connectivity index (χ1v) is 7.29. The van der Waals surface area contributed by atoms with Crippen molar-refractivity contribution >= 4 is 17.4 Å². The topological polar surface area (TPSA) is 44.1 Å². The summed E-state index contributed by atoms with van der Waals surface area (Å²) in [5.41, 5.74) is 2.50. The average Bonchev–Trinajstić information content (AvgIpc) is 2.75. The third-order valence-electron chi connectivity index (χ3n) is 3.35. The van der Waals surface area contributed by atoms with Gasteiger partial charge in [-0.3, -0.25) is 9.48 Å². The number of nitrogens with zero attached hydrogens (tertiary/aromatic N) is 2. The molecule has 2 aromatic rings. The van der Waals surface area contributed by atoms with E-state index in [9.17, 15) is 4.79 Å². The van der Waals surface area contributed by atoms with Crippen LogP contribution in [0.3, 0.4) is 0 Å². The first-order chi connectivity index (χ1) is 10.0. The molecule has 0 aliphatic heterocycles. The van der Waals surface area contributed by atoms with Crippen molar-refractivity contribution in [1.82, 2.24) is 9.78 Å². The molecule has 1 aromatic carbocycles. The molecule has 112 valence electrons.